The van der Waals surface area contributed by atoms with Crippen molar-refractivity contribution >= 4 is 12.4 Å². The summed E-state index contributed by atoms with van der Waals surface area (Å²) in [5, 5.41) is 13.6. The van der Waals surface area contributed by atoms with Crippen molar-refractivity contribution in [2.45, 2.75) is 84.3 Å². The second-order valence-corrected chi connectivity index (χ2v) is 12.0. The summed E-state index contributed by atoms with van der Waals surface area (Å²) in [6.45, 7) is 11.2. The van der Waals surface area contributed by atoms with Crippen molar-refractivity contribution in [2.24, 2.45) is 23.7 Å². The number of nitrogens with zero attached hydrogens (tertiary/aromatic N) is 2. The van der Waals surface area contributed by atoms with E-state index < -0.39 is 41.3 Å². The molecule has 1 aliphatic carbocycles. The highest BCUT2D eigenvalue weighted by atomic mass is 19.4. The number of hydrogen-bond donors (Lipinski definition) is 2. The number of benzene rings is 1. The number of aldehydes is 1. The number of fused-ring (bicyclic) bond motifs is 1. The van der Waals surface area contributed by atoms with Gasteiger partial charge in [0.1, 0.15) is 12.1 Å². The summed E-state index contributed by atoms with van der Waals surface area (Å²) in [5.41, 5.74) is -1.51. The first-order valence-corrected chi connectivity index (χ1v) is 12.9. The fraction of sp³-hybridized carbons (Fsp3) is 0.704. The average Bonchev–Trinajstić information content (AvgIpc) is 3.30. The van der Waals surface area contributed by atoms with Crippen LogP contribution < -0.4 is 5.32 Å². The van der Waals surface area contributed by atoms with Crippen LogP contribution in [0.4, 0.5) is 22.4 Å². The van der Waals surface area contributed by atoms with E-state index in [9.17, 15) is 32.3 Å². The Hall–Kier alpha value is -2.20. The molecule has 2 N–H and O–H groups in total. The maximum absolute atomic E-state index is 14.1. The molecule has 0 spiro atoms. The summed E-state index contributed by atoms with van der Waals surface area (Å²) < 4.78 is 52.8. The molecule has 1 saturated heterocycles. The molecule has 5 atom stereocenters. The molecule has 208 valence electrons. The van der Waals surface area contributed by atoms with Gasteiger partial charge in [-0.3, -0.25) is 15.1 Å². The van der Waals surface area contributed by atoms with Gasteiger partial charge in [0.2, 0.25) is 0 Å². The van der Waals surface area contributed by atoms with Gasteiger partial charge in [0.15, 0.2) is 0 Å². The Labute approximate surface area is 216 Å². The van der Waals surface area contributed by atoms with Gasteiger partial charge in [-0.15, -0.1) is 0 Å². The molecule has 0 bridgehead atoms. The lowest BCUT2D eigenvalue weighted by atomic mass is 9.90. The van der Waals surface area contributed by atoms with E-state index in [1.165, 1.54) is 11.0 Å². The van der Waals surface area contributed by atoms with E-state index in [4.69, 9.17) is 0 Å². The summed E-state index contributed by atoms with van der Waals surface area (Å²) in [7, 11) is 0. The molecular weight excluding hydrogens is 490 g/mol. The van der Waals surface area contributed by atoms with Gasteiger partial charge in [-0.1, -0.05) is 19.9 Å². The lowest BCUT2D eigenvalue weighted by Gasteiger charge is -2.44. The number of carboxylic acid groups (broad SMARTS) is 1. The fourth-order valence-electron chi connectivity index (χ4n) is 6.07. The second kappa shape index (κ2) is 11.3. The van der Waals surface area contributed by atoms with Crippen LogP contribution in [0.5, 0.6) is 0 Å². The van der Waals surface area contributed by atoms with E-state index >= 15 is 0 Å². The van der Waals surface area contributed by atoms with Crippen molar-refractivity contribution in [2.75, 3.05) is 13.1 Å². The number of rotatable bonds is 9. The molecule has 1 heterocycles. The average molecular weight is 530 g/mol. The minimum atomic E-state index is -4.73. The van der Waals surface area contributed by atoms with Crippen molar-refractivity contribution in [1.82, 2.24) is 15.1 Å². The van der Waals surface area contributed by atoms with Crippen LogP contribution >= 0.6 is 0 Å². The zero-order chi connectivity index (χ0) is 27.7. The van der Waals surface area contributed by atoms with E-state index in [0.717, 1.165) is 37.8 Å². The molecule has 3 rings (SSSR count). The topological polar surface area (TPSA) is 72.9 Å². The fourth-order valence-corrected chi connectivity index (χ4v) is 6.07. The minimum absolute atomic E-state index is 0.0110. The summed E-state index contributed by atoms with van der Waals surface area (Å²) in [6, 6.07) is 3.05. The van der Waals surface area contributed by atoms with Gasteiger partial charge in [0.25, 0.3) is 0 Å². The molecule has 1 aromatic carbocycles. The number of likely N-dealkylation sites (tertiary alicyclic amines) is 1. The number of carbonyl (C=O) groups excluding carboxylic acids is 1. The molecular formula is C27H39F4N3O3. The zero-order valence-corrected chi connectivity index (χ0v) is 22.2. The molecule has 2 fully saturated rings. The molecule has 1 amide bonds. The van der Waals surface area contributed by atoms with Crippen LogP contribution in [0.2, 0.25) is 0 Å². The summed E-state index contributed by atoms with van der Waals surface area (Å²) in [5.74, 6) is -1.04. The lowest BCUT2D eigenvalue weighted by Crippen LogP contribution is -2.62. The van der Waals surface area contributed by atoms with E-state index in [2.05, 4.69) is 10.2 Å². The number of carbonyl (C=O) groups is 2. The van der Waals surface area contributed by atoms with Crippen LogP contribution in [0.25, 0.3) is 0 Å². The second-order valence-electron chi connectivity index (χ2n) is 12.0. The van der Waals surface area contributed by atoms with Crippen molar-refractivity contribution in [3.05, 3.63) is 35.1 Å². The first-order chi connectivity index (χ1) is 17.1. The number of amides is 1. The van der Waals surface area contributed by atoms with Crippen molar-refractivity contribution in [3.8, 4) is 0 Å². The minimum Gasteiger partial charge on any atom is -0.465 e. The quantitative estimate of drug-likeness (QED) is 0.247. The zero-order valence-electron chi connectivity index (χ0n) is 22.2. The Balaban J connectivity index is 1.76. The monoisotopic (exact) mass is 529 g/mol. The third kappa shape index (κ3) is 7.02. The van der Waals surface area contributed by atoms with Crippen molar-refractivity contribution < 1.29 is 32.3 Å². The Kier molecular flexibility index (Phi) is 8.94. The van der Waals surface area contributed by atoms with Gasteiger partial charge in [-0.2, -0.15) is 13.2 Å². The maximum Gasteiger partial charge on any atom is 0.419 e. The Bertz CT molecular complexity index is 963. The van der Waals surface area contributed by atoms with Crippen molar-refractivity contribution in [1.29, 1.82) is 0 Å². The normalized spacial score (nSPS) is 24.2. The van der Waals surface area contributed by atoms with Gasteiger partial charge in [0.05, 0.1) is 11.7 Å². The molecule has 1 unspecified atom stereocenters. The third-order valence-electron chi connectivity index (χ3n) is 7.59. The van der Waals surface area contributed by atoms with Gasteiger partial charge in [0, 0.05) is 37.1 Å². The van der Waals surface area contributed by atoms with Crippen LogP contribution in [-0.4, -0.2) is 58.1 Å². The molecule has 2 aliphatic rings. The molecule has 37 heavy (non-hydrogen) atoms. The number of hydrogen-bond acceptors (Lipinski definition) is 4. The van der Waals surface area contributed by atoms with Crippen molar-refractivity contribution in [3.63, 3.8) is 0 Å². The molecule has 0 aromatic heterocycles. The van der Waals surface area contributed by atoms with E-state index in [-0.39, 0.29) is 17.9 Å². The van der Waals surface area contributed by atoms with Gasteiger partial charge >= 0.3 is 12.3 Å². The largest absolute Gasteiger partial charge is 0.465 e. The molecule has 10 heteroatoms. The summed E-state index contributed by atoms with van der Waals surface area (Å²) >= 11 is 0. The van der Waals surface area contributed by atoms with Gasteiger partial charge in [-0.25, -0.2) is 9.18 Å². The summed E-state index contributed by atoms with van der Waals surface area (Å²) in [4.78, 5) is 27.9. The van der Waals surface area contributed by atoms with Gasteiger partial charge in [-0.05, 0) is 75.5 Å². The Morgan fingerprint density at radius 2 is 1.89 bits per heavy atom. The summed E-state index contributed by atoms with van der Waals surface area (Å²) in [6.07, 6.45) is -3.33. The molecule has 1 aromatic rings. The van der Waals surface area contributed by atoms with Gasteiger partial charge < -0.3 is 9.90 Å². The lowest BCUT2D eigenvalue weighted by molar-refractivity contribution is -0.140. The highest BCUT2D eigenvalue weighted by molar-refractivity contribution is 5.68. The Morgan fingerprint density at radius 3 is 2.41 bits per heavy atom. The van der Waals surface area contributed by atoms with Crippen LogP contribution in [0, 0.1) is 29.5 Å². The molecule has 6 nitrogen and oxygen atoms in total. The number of alkyl halides is 3. The number of nitrogens with one attached hydrogen (secondary N) is 1. The predicted molar refractivity (Wildman–Crippen MR) is 132 cm³/mol. The highest BCUT2D eigenvalue weighted by Crippen LogP contribution is 2.40. The first kappa shape index (κ1) is 29.4. The third-order valence-corrected chi connectivity index (χ3v) is 7.59. The Morgan fingerprint density at radius 1 is 1.22 bits per heavy atom. The molecule has 0 radical (unpaired) electrons. The van der Waals surface area contributed by atoms with E-state index in [1.807, 2.05) is 34.6 Å². The van der Waals surface area contributed by atoms with Crippen LogP contribution in [-0.2, 0) is 17.5 Å². The number of halogens is 4. The molecule has 1 aliphatic heterocycles. The maximum atomic E-state index is 14.1. The first-order valence-electron chi connectivity index (χ1n) is 12.9. The van der Waals surface area contributed by atoms with Crippen LogP contribution in [0.3, 0.4) is 0 Å². The SMILES string of the molecule is CC(C)CC(C=O)[C@@H](N[C@@H]1CC[C@H]2CN(Cc3ccc(C(F)(F)F)c(F)c3)C[C@H]21)N(C(=O)O)C(C)(C)C. The highest BCUT2D eigenvalue weighted by Gasteiger charge is 2.46. The van der Waals surface area contributed by atoms with Crippen LogP contribution in [0.1, 0.15) is 65.0 Å². The molecule has 1 saturated carbocycles. The standard InChI is InChI=1S/C27H39F4N3O3/c1-16(2)10-19(15-35)24(34(25(36)37)26(3,4)5)32-23-9-7-18-13-33(14-20(18)23)12-17-6-8-21(22(28)11-17)27(29,30)31/h6,8,11,15-16,18-20,23-24,32H,7,9-10,12-14H2,1-5H3,(H,36,37)/t18-,19?,20+,23+,24-/m0/s1. The van der Waals surface area contributed by atoms with E-state index in [1.54, 1.807) is 0 Å². The van der Waals surface area contributed by atoms with E-state index in [0.29, 0.717) is 31.0 Å². The predicted octanol–water partition coefficient (Wildman–Crippen LogP) is 5.61. The van der Waals surface area contributed by atoms with Crippen LogP contribution in [0.15, 0.2) is 18.2 Å². The smallest absolute Gasteiger partial charge is 0.419 e.